The van der Waals surface area contributed by atoms with Crippen LogP contribution in [0.5, 0.6) is 0 Å². The number of carbonyl (C=O) groups is 1. The van der Waals surface area contributed by atoms with Gasteiger partial charge in [0, 0.05) is 26.4 Å². The van der Waals surface area contributed by atoms with Gasteiger partial charge in [-0.2, -0.15) is 13.2 Å². The van der Waals surface area contributed by atoms with E-state index in [1.807, 2.05) is 12.1 Å². The summed E-state index contributed by atoms with van der Waals surface area (Å²) in [6, 6.07) is 12.1. The first-order valence-electron chi connectivity index (χ1n) is 9.75. The quantitative estimate of drug-likeness (QED) is 0.738. The molecule has 0 radical (unpaired) electrons. The van der Waals surface area contributed by atoms with Crippen molar-refractivity contribution < 1.29 is 32.5 Å². The average molecular weight is 435 g/mol. The molecule has 0 spiro atoms. The minimum absolute atomic E-state index is 0.0531. The molecule has 0 unspecified atom stereocenters. The lowest BCUT2D eigenvalue weighted by molar-refractivity contribution is -0.154. The minimum atomic E-state index is -4.41. The highest BCUT2D eigenvalue weighted by Gasteiger charge is 2.32. The molecule has 0 saturated carbocycles. The molecule has 1 aliphatic rings. The zero-order chi connectivity index (χ0) is 22.6. The number of carbonyl (C=O) groups excluding carboxylic acids is 1. The van der Waals surface area contributed by atoms with Gasteiger partial charge in [0.25, 0.3) is 5.91 Å². The second kappa shape index (κ2) is 9.53. The van der Waals surface area contributed by atoms with Gasteiger partial charge in [-0.15, -0.1) is 0 Å². The van der Waals surface area contributed by atoms with Crippen LogP contribution in [0.15, 0.2) is 60.4 Å². The highest BCUT2D eigenvalue weighted by atomic mass is 19.4. The molecule has 5 nitrogen and oxygen atoms in total. The Labute approximate surface area is 178 Å². The van der Waals surface area contributed by atoms with Gasteiger partial charge in [0.15, 0.2) is 5.76 Å². The second-order valence-electron chi connectivity index (χ2n) is 7.53. The molecule has 2 atom stereocenters. The van der Waals surface area contributed by atoms with Crippen LogP contribution in [0.4, 0.5) is 13.2 Å². The van der Waals surface area contributed by atoms with E-state index in [1.54, 1.807) is 32.3 Å². The highest BCUT2D eigenvalue weighted by Crippen LogP contribution is 2.35. The van der Waals surface area contributed by atoms with Gasteiger partial charge in [-0.1, -0.05) is 36.4 Å². The van der Waals surface area contributed by atoms with Gasteiger partial charge < -0.3 is 19.5 Å². The number of hydrogen-bond donors (Lipinski definition) is 1. The number of nitrogens with zero attached hydrogens (tertiary/aromatic N) is 1. The molecular weight excluding hydrogens is 411 g/mol. The summed E-state index contributed by atoms with van der Waals surface area (Å²) < 4.78 is 50.2. The van der Waals surface area contributed by atoms with Crippen LogP contribution in [0, 0.1) is 0 Å². The number of rotatable bonds is 6. The fraction of sp³-hybridized carbons (Fsp3) is 0.348. The molecule has 1 N–H and O–H groups in total. The lowest BCUT2D eigenvalue weighted by Gasteiger charge is -2.30. The van der Waals surface area contributed by atoms with Gasteiger partial charge in [0.05, 0.1) is 18.8 Å². The Kier molecular flexibility index (Phi) is 7.02. The van der Waals surface area contributed by atoms with Gasteiger partial charge in [0.1, 0.15) is 0 Å². The van der Waals surface area contributed by atoms with Crippen LogP contribution in [-0.4, -0.2) is 36.3 Å². The number of halogens is 3. The number of aliphatic hydroxyl groups is 1. The Hall–Kier alpha value is -2.84. The summed E-state index contributed by atoms with van der Waals surface area (Å²) in [5, 5.41) is 9.13. The van der Waals surface area contributed by atoms with E-state index in [1.165, 1.54) is 17.0 Å². The third-order valence-electron chi connectivity index (χ3n) is 4.98. The molecule has 0 fully saturated rings. The van der Waals surface area contributed by atoms with Crippen molar-refractivity contribution in [2.45, 2.75) is 38.0 Å². The first-order valence-corrected chi connectivity index (χ1v) is 9.75. The zero-order valence-electron chi connectivity index (χ0n) is 17.2. The Morgan fingerprint density at radius 2 is 1.71 bits per heavy atom. The van der Waals surface area contributed by atoms with Crippen LogP contribution >= 0.6 is 0 Å². The Balaban J connectivity index is 1.77. The molecule has 0 aliphatic carbocycles. The Bertz CT molecular complexity index is 921. The van der Waals surface area contributed by atoms with Crippen LogP contribution in [0.2, 0.25) is 0 Å². The third-order valence-corrected chi connectivity index (χ3v) is 4.98. The van der Waals surface area contributed by atoms with Crippen molar-refractivity contribution in [1.82, 2.24) is 4.90 Å². The van der Waals surface area contributed by atoms with Crippen LogP contribution < -0.4 is 0 Å². The molecule has 31 heavy (non-hydrogen) atoms. The van der Waals surface area contributed by atoms with Gasteiger partial charge in [-0.25, -0.2) is 0 Å². The molecule has 0 bridgehead atoms. The van der Waals surface area contributed by atoms with E-state index in [2.05, 4.69) is 0 Å². The van der Waals surface area contributed by atoms with Crippen molar-refractivity contribution in [2.75, 3.05) is 14.1 Å². The summed E-state index contributed by atoms with van der Waals surface area (Å²) in [6.07, 6.45) is -3.17. The van der Waals surface area contributed by atoms with Crippen LogP contribution in [-0.2, 0) is 33.7 Å². The molecule has 2 aromatic rings. The molecular formula is C23H24F3NO4. The minimum Gasteiger partial charge on any atom is -0.459 e. The molecule has 0 aromatic heterocycles. The van der Waals surface area contributed by atoms with Crippen molar-refractivity contribution in [2.24, 2.45) is 0 Å². The summed E-state index contributed by atoms with van der Waals surface area (Å²) in [6.45, 7) is 0.169. The van der Waals surface area contributed by atoms with E-state index in [0.717, 1.165) is 23.3 Å². The van der Waals surface area contributed by atoms with E-state index in [4.69, 9.17) is 14.6 Å². The molecule has 8 heteroatoms. The average Bonchev–Trinajstić information content (AvgIpc) is 2.76. The smallest absolute Gasteiger partial charge is 0.416 e. The second-order valence-corrected chi connectivity index (χ2v) is 7.53. The zero-order valence-corrected chi connectivity index (χ0v) is 17.2. The highest BCUT2D eigenvalue weighted by molar-refractivity contribution is 5.91. The van der Waals surface area contributed by atoms with Crippen LogP contribution in [0.25, 0.3) is 0 Å². The summed E-state index contributed by atoms with van der Waals surface area (Å²) in [5.74, 6) is -0.587. The number of benzene rings is 2. The van der Waals surface area contributed by atoms with E-state index in [0.29, 0.717) is 12.0 Å². The van der Waals surface area contributed by atoms with Crippen molar-refractivity contribution in [1.29, 1.82) is 0 Å². The van der Waals surface area contributed by atoms with Gasteiger partial charge in [-0.3, -0.25) is 4.79 Å². The van der Waals surface area contributed by atoms with E-state index in [-0.39, 0.29) is 30.8 Å². The summed E-state index contributed by atoms with van der Waals surface area (Å²) >= 11 is 0. The van der Waals surface area contributed by atoms with E-state index >= 15 is 0 Å². The van der Waals surface area contributed by atoms with Crippen molar-refractivity contribution in [3.8, 4) is 0 Å². The topological polar surface area (TPSA) is 59.0 Å². The predicted octanol–water partition coefficient (Wildman–Crippen LogP) is 4.22. The molecule has 166 valence electrons. The molecule has 0 saturated heterocycles. The largest absolute Gasteiger partial charge is 0.459 e. The predicted molar refractivity (Wildman–Crippen MR) is 108 cm³/mol. The van der Waals surface area contributed by atoms with Crippen molar-refractivity contribution in [3.05, 3.63) is 82.6 Å². The van der Waals surface area contributed by atoms with Crippen LogP contribution in [0.3, 0.4) is 0 Å². The van der Waals surface area contributed by atoms with E-state index < -0.39 is 18.0 Å². The molecule has 1 heterocycles. The number of hydrogen-bond acceptors (Lipinski definition) is 4. The fourth-order valence-electron chi connectivity index (χ4n) is 3.21. The SMILES string of the molecule is CN(C)C(=O)C1=C[C@@H](c2ccc(C(F)(F)F)cc2)C[C@@H](OCc2ccc(CO)cc2)O1. The standard InChI is InChI=1S/C23H24F3NO4/c1-27(2)22(29)20-11-18(17-7-9-19(10-8-17)23(24,25)26)12-21(31-20)30-14-16-5-3-15(13-28)4-6-16/h3-11,18,21,28H,12-14H2,1-2H3/t18-,21+/m1/s1. The van der Waals surface area contributed by atoms with Crippen LogP contribution in [0.1, 0.15) is 34.6 Å². The molecule has 1 aliphatic heterocycles. The number of alkyl halides is 3. The number of amides is 1. The van der Waals surface area contributed by atoms with Crippen molar-refractivity contribution in [3.63, 3.8) is 0 Å². The normalized spacial score (nSPS) is 18.8. The summed E-state index contributed by atoms with van der Waals surface area (Å²) in [4.78, 5) is 13.8. The molecule has 2 aromatic carbocycles. The Morgan fingerprint density at radius 1 is 1.10 bits per heavy atom. The van der Waals surface area contributed by atoms with Gasteiger partial charge in [0.2, 0.25) is 6.29 Å². The first kappa shape index (κ1) is 22.8. The third kappa shape index (κ3) is 5.86. The van der Waals surface area contributed by atoms with Crippen molar-refractivity contribution >= 4 is 5.91 Å². The molecule has 3 rings (SSSR count). The first-order chi connectivity index (χ1) is 14.7. The number of likely N-dealkylation sites (N-methyl/N-ethyl adjacent to an activating group) is 1. The maximum absolute atomic E-state index is 12.9. The number of ether oxygens (including phenoxy) is 2. The maximum Gasteiger partial charge on any atom is 0.416 e. The van der Waals surface area contributed by atoms with E-state index in [9.17, 15) is 18.0 Å². The lowest BCUT2D eigenvalue weighted by atomic mass is 9.92. The summed E-state index contributed by atoms with van der Waals surface area (Å²) in [5.41, 5.74) is 1.56. The maximum atomic E-state index is 12.9. The lowest BCUT2D eigenvalue weighted by Crippen LogP contribution is -2.32. The number of allylic oxidation sites excluding steroid dienone is 1. The van der Waals surface area contributed by atoms with Gasteiger partial charge >= 0.3 is 6.18 Å². The molecule has 1 amide bonds. The van der Waals surface area contributed by atoms with Gasteiger partial charge in [-0.05, 0) is 34.9 Å². The fourth-order valence-corrected chi connectivity index (χ4v) is 3.21. The monoisotopic (exact) mass is 435 g/mol. The number of aliphatic hydroxyl groups excluding tert-OH is 1. The summed E-state index contributed by atoms with van der Waals surface area (Å²) in [7, 11) is 3.18. The Morgan fingerprint density at radius 3 is 2.26 bits per heavy atom.